The number of hydrazine groups is 1. The molecule has 0 amide bonds. The second-order valence-electron chi connectivity index (χ2n) is 8.02. The van der Waals surface area contributed by atoms with Gasteiger partial charge in [0.05, 0.1) is 35.5 Å². The molecule has 2 aromatic carbocycles. The van der Waals surface area contributed by atoms with Gasteiger partial charge in [-0.1, -0.05) is 30.3 Å². The molecule has 3 heterocycles. The average Bonchev–Trinajstić information content (AvgIpc) is 3.24. The fourth-order valence-corrected chi connectivity index (χ4v) is 4.90. The second-order valence-corrected chi connectivity index (χ2v) is 9.68. The minimum atomic E-state index is -3.78. The van der Waals surface area contributed by atoms with E-state index in [1.54, 1.807) is 43.4 Å². The van der Waals surface area contributed by atoms with E-state index in [2.05, 4.69) is 14.9 Å². The first-order chi connectivity index (χ1) is 16.4. The van der Waals surface area contributed by atoms with Gasteiger partial charge in [-0.3, -0.25) is 9.69 Å². The van der Waals surface area contributed by atoms with E-state index < -0.39 is 10.0 Å². The fraction of sp³-hybridized carbons (Fsp3) is 0.261. The van der Waals surface area contributed by atoms with Crippen LogP contribution in [0.4, 0.5) is 11.8 Å². The lowest BCUT2D eigenvalue weighted by Gasteiger charge is -2.28. The van der Waals surface area contributed by atoms with E-state index in [1.807, 2.05) is 41.0 Å². The lowest BCUT2D eigenvalue weighted by atomic mass is 10.1. The SMILES string of the molecule is CN(NS(=O)(=O)c1ccccc1)c1cc(-c2ccc3cnn(C)c3c2)nc(N2CCOCC2)n1. The smallest absolute Gasteiger partial charge is 0.257 e. The highest BCUT2D eigenvalue weighted by molar-refractivity contribution is 7.89. The molecule has 0 unspecified atom stereocenters. The maximum absolute atomic E-state index is 12.9. The van der Waals surface area contributed by atoms with Crippen LogP contribution in [0, 0.1) is 0 Å². The van der Waals surface area contributed by atoms with Crippen LogP contribution in [0.5, 0.6) is 0 Å². The van der Waals surface area contributed by atoms with Gasteiger partial charge in [0.25, 0.3) is 10.0 Å². The van der Waals surface area contributed by atoms with Crippen molar-refractivity contribution in [2.24, 2.45) is 7.05 Å². The molecular formula is C23H25N7O3S. The van der Waals surface area contributed by atoms with Crippen molar-refractivity contribution in [1.82, 2.24) is 24.6 Å². The van der Waals surface area contributed by atoms with E-state index in [-0.39, 0.29) is 4.90 Å². The Kier molecular flexibility index (Phi) is 5.90. The number of benzene rings is 2. The first-order valence-corrected chi connectivity index (χ1v) is 12.3. The zero-order valence-electron chi connectivity index (χ0n) is 18.9. The number of aromatic nitrogens is 4. The third kappa shape index (κ3) is 4.45. The van der Waals surface area contributed by atoms with Crippen LogP contribution in [0.3, 0.4) is 0 Å². The van der Waals surface area contributed by atoms with Gasteiger partial charge in [0.1, 0.15) is 5.82 Å². The number of hydrogen-bond acceptors (Lipinski definition) is 8. The molecule has 11 heteroatoms. The summed E-state index contributed by atoms with van der Waals surface area (Å²) in [6.45, 7) is 2.48. The van der Waals surface area contributed by atoms with Gasteiger partial charge >= 0.3 is 0 Å². The molecule has 34 heavy (non-hydrogen) atoms. The molecule has 0 aliphatic carbocycles. The summed E-state index contributed by atoms with van der Waals surface area (Å²) in [6, 6.07) is 16.0. The number of anilines is 2. The van der Waals surface area contributed by atoms with Crippen LogP contribution < -0.4 is 14.7 Å². The van der Waals surface area contributed by atoms with Gasteiger partial charge in [0.15, 0.2) is 0 Å². The number of aryl methyl sites for hydroxylation is 1. The zero-order chi connectivity index (χ0) is 23.7. The Morgan fingerprint density at radius 3 is 2.56 bits per heavy atom. The topological polar surface area (TPSA) is 105 Å². The number of nitrogens with zero attached hydrogens (tertiary/aromatic N) is 6. The molecule has 0 radical (unpaired) electrons. The highest BCUT2D eigenvalue weighted by Gasteiger charge is 2.21. The van der Waals surface area contributed by atoms with Gasteiger partial charge in [-0.15, -0.1) is 4.83 Å². The van der Waals surface area contributed by atoms with E-state index in [0.717, 1.165) is 16.5 Å². The van der Waals surface area contributed by atoms with Crippen molar-refractivity contribution in [2.75, 3.05) is 43.3 Å². The molecule has 1 fully saturated rings. The maximum atomic E-state index is 12.9. The first-order valence-electron chi connectivity index (χ1n) is 10.9. The van der Waals surface area contributed by atoms with Gasteiger partial charge in [-0.05, 0) is 18.2 Å². The van der Waals surface area contributed by atoms with Crippen LogP contribution in [0.25, 0.3) is 22.2 Å². The maximum Gasteiger partial charge on any atom is 0.257 e. The summed E-state index contributed by atoms with van der Waals surface area (Å²) in [4.78, 5) is 14.3. The molecule has 0 saturated carbocycles. The lowest BCUT2D eigenvalue weighted by Crippen LogP contribution is -2.41. The van der Waals surface area contributed by atoms with E-state index in [0.29, 0.717) is 43.8 Å². The molecule has 1 aliphatic heterocycles. The summed E-state index contributed by atoms with van der Waals surface area (Å²) in [5, 5.41) is 6.75. The molecule has 1 N–H and O–H groups in total. The first kappa shape index (κ1) is 22.3. The normalized spacial score (nSPS) is 14.5. The molecule has 0 atom stereocenters. The highest BCUT2D eigenvalue weighted by atomic mass is 32.2. The van der Waals surface area contributed by atoms with E-state index in [1.165, 1.54) is 5.01 Å². The lowest BCUT2D eigenvalue weighted by molar-refractivity contribution is 0.122. The second kappa shape index (κ2) is 9.01. The Bertz CT molecular complexity index is 1420. The predicted octanol–water partition coefficient (Wildman–Crippen LogP) is 2.20. The van der Waals surface area contributed by atoms with Crippen LogP contribution in [0.15, 0.2) is 65.7 Å². The van der Waals surface area contributed by atoms with Crippen molar-refractivity contribution in [3.8, 4) is 11.3 Å². The standard InChI is InChI=1S/C23H25N7O3S/c1-28-21-14-17(8-9-18(21)16-24-28)20-15-22(26-23(25-20)30-10-12-33-13-11-30)29(2)27-34(31,32)19-6-4-3-5-7-19/h3-9,14-16,27H,10-13H2,1-2H3. The van der Waals surface area contributed by atoms with Gasteiger partial charge in [-0.2, -0.15) is 10.1 Å². The molecule has 2 aromatic heterocycles. The van der Waals surface area contributed by atoms with E-state index in [9.17, 15) is 8.42 Å². The Morgan fingerprint density at radius 2 is 1.79 bits per heavy atom. The van der Waals surface area contributed by atoms with Crippen molar-refractivity contribution in [2.45, 2.75) is 4.90 Å². The molecule has 1 aliphatic rings. The van der Waals surface area contributed by atoms with Gasteiger partial charge < -0.3 is 9.64 Å². The Hall–Kier alpha value is -3.54. The predicted molar refractivity (Wildman–Crippen MR) is 130 cm³/mol. The van der Waals surface area contributed by atoms with Crippen LogP contribution in [0.1, 0.15) is 0 Å². The molecular weight excluding hydrogens is 454 g/mol. The van der Waals surface area contributed by atoms with Crippen LogP contribution in [0.2, 0.25) is 0 Å². The summed E-state index contributed by atoms with van der Waals surface area (Å²) in [6.07, 6.45) is 1.82. The largest absolute Gasteiger partial charge is 0.378 e. The highest BCUT2D eigenvalue weighted by Crippen LogP contribution is 2.27. The van der Waals surface area contributed by atoms with Crippen LogP contribution in [-0.2, 0) is 21.8 Å². The average molecular weight is 480 g/mol. The number of nitrogens with one attached hydrogen (secondary N) is 1. The summed E-state index contributed by atoms with van der Waals surface area (Å²) < 4.78 is 33.0. The summed E-state index contributed by atoms with van der Waals surface area (Å²) >= 11 is 0. The zero-order valence-corrected chi connectivity index (χ0v) is 19.7. The Morgan fingerprint density at radius 1 is 1.03 bits per heavy atom. The van der Waals surface area contributed by atoms with Crippen molar-refractivity contribution in [1.29, 1.82) is 0 Å². The third-order valence-corrected chi connectivity index (χ3v) is 7.10. The number of fused-ring (bicyclic) bond motifs is 1. The van der Waals surface area contributed by atoms with Crippen LogP contribution in [-0.4, -0.2) is 61.5 Å². The van der Waals surface area contributed by atoms with E-state index in [4.69, 9.17) is 9.72 Å². The minimum absolute atomic E-state index is 0.172. The molecule has 1 saturated heterocycles. The Labute approximate surface area is 197 Å². The van der Waals surface area contributed by atoms with Crippen molar-refractivity contribution in [3.63, 3.8) is 0 Å². The van der Waals surface area contributed by atoms with Crippen molar-refractivity contribution in [3.05, 3.63) is 60.8 Å². The molecule has 4 aromatic rings. The quantitative estimate of drug-likeness (QED) is 0.420. The summed E-state index contributed by atoms with van der Waals surface area (Å²) in [5.41, 5.74) is 2.54. The minimum Gasteiger partial charge on any atom is -0.378 e. The van der Waals surface area contributed by atoms with Crippen LogP contribution >= 0.6 is 0 Å². The summed E-state index contributed by atoms with van der Waals surface area (Å²) in [5.74, 6) is 0.947. The molecule has 5 rings (SSSR count). The van der Waals surface area contributed by atoms with Gasteiger partial charge in [0.2, 0.25) is 5.95 Å². The Balaban J connectivity index is 1.55. The molecule has 0 spiro atoms. The number of sulfonamides is 1. The van der Waals surface area contributed by atoms with E-state index >= 15 is 0 Å². The van der Waals surface area contributed by atoms with Gasteiger partial charge in [-0.25, -0.2) is 13.4 Å². The van der Waals surface area contributed by atoms with Crippen molar-refractivity contribution >= 4 is 32.7 Å². The third-order valence-electron chi connectivity index (χ3n) is 5.69. The molecule has 10 nitrogen and oxygen atoms in total. The fourth-order valence-electron chi connectivity index (χ4n) is 3.83. The monoisotopic (exact) mass is 479 g/mol. The number of ether oxygens (including phenoxy) is 1. The number of morpholine rings is 1. The molecule has 0 bridgehead atoms. The van der Waals surface area contributed by atoms with Gasteiger partial charge in [0, 0.05) is 44.2 Å². The van der Waals surface area contributed by atoms with Crippen molar-refractivity contribution < 1.29 is 13.2 Å². The molecule has 176 valence electrons. The number of rotatable bonds is 6. The summed E-state index contributed by atoms with van der Waals surface area (Å²) in [7, 11) is -0.263. The number of hydrogen-bond donors (Lipinski definition) is 1.